The first-order valence-corrected chi connectivity index (χ1v) is 6.62. The summed E-state index contributed by atoms with van der Waals surface area (Å²) in [6.45, 7) is 2.73. The summed E-state index contributed by atoms with van der Waals surface area (Å²) in [7, 11) is 0. The Morgan fingerprint density at radius 1 is 1.21 bits per heavy atom. The van der Waals surface area contributed by atoms with E-state index in [0.29, 0.717) is 13.0 Å². The molecule has 0 saturated heterocycles. The van der Waals surface area contributed by atoms with Crippen LogP contribution in [0.4, 0.5) is 4.39 Å². The van der Waals surface area contributed by atoms with E-state index in [0.717, 1.165) is 35.4 Å². The second-order valence-corrected chi connectivity index (χ2v) is 5.14. The lowest BCUT2D eigenvalue weighted by molar-refractivity contribution is 0.0972. The maximum atomic E-state index is 12.9. The molecule has 1 aliphatic rings. The first-order chi connectivity index (χ1) is 9.15. The number of carbonyl (C=O) groups is 1. The third-order valence-electron chi connectivity index (χ3n) is 3.79. The zero-order valence-electron chi connectivity index (χ0n) is 10.9. The fourth-order valence-corrected chi connectivity index (χ4v) is 2.78. The van der Waals surface area contributed by atoms with Gasteiger partial charge in [-0.25, -0.2) is 4.39 Å². The van der Waals surface area contributed by atoms with Crippen molar-refractivity contribution in [2.24, 2.45) is 0 Å². The van der Waals surface area contributed by atoms with Gasteiger partial charge in [-0.1, -0.05) is 12.1 Å². The molecule has 0 fully saturated rings. The molecule has 0 aliphatic heterocycles. The van der Waals surface area contributed by atoms with E-state index >= 15 is 0 Å². The fourth-order valence-electron chi connectivity index (χ4n) is 2.78. The van der Waals surface area contributed by atoms with Gasteiger partial charge in [0.25, 0.3) is 0 Å². The van der Waals surface area contributed by atoms with Gasteiger partial charge >= 0.3 is 0 Å². The number of ketones is 1. The van der Waals surface area contributed by atoms with E-state index < -0.39 is 0 Å². The molecule has 3 rings (SSSR count). The highest BCUT2D eigenvalue weighted by Crippen LogP contribution is 2.25. The molecule has 0 N–H and O–H groups in total. The lowest BCUT2D eigenvalue weighted by atomic mass is 9.96. The van der Waals surface area contributed by atoms with E-state index in [1.807, 2.05) is 13.0 Å². The molecule has 98 valence electrons. The molecule has 19 heavy (non-hydrogen) atoms. The van der Waals surface area contributed by atoms with E-state index in [1.54, 1.807) is 12.1 Å². The minimum absolute atomic E-state index is 0.217. The zero-order chi connectivity index (χ0) is 13.4. The van der Waals surface area contributed by atoms with Crippen LogP contribution in [0.2, 0.25) is 0 Å². The molecule has 1 aromatic carbocycles. The van der Waals surface area contributed by atoms with E-state index in [4.69, 9.17) is 0 Å². The SMILES string of the molecule is Cc1cc2c(n1Cc1ccc(F)cc1)CCCC2=O. The second kappa shape index (κ2) is 4.65. The summed E-state index contributed by atoms with van der Waals surface area (Å²) in [5, 5.41) is 0. The molecule has 0 atom stereocenters. The molecular formula is C16H16FNO. The molecule has 0 radical (unpaired) electrons. The van der Waals surface area contributed by atoms with Crippen LogP contribution in [0.1, 0.15) is 40.2 Å². The van der Waals surface area contributed by atoms with Crippen molar-refractivity contribution in [1.82, 2.24) is 4.57 Å². The summed E-state index contributed by atoms with van der Waals surface area (Å²) in [6.07, 6.45) is 2.54. The monoisotopic (exact) mass is 257 g/mol. The predicted octanol–water partition coefficient (Wildman–Crippen LogP) is 3.50. The minimum atomic E-state index is -0.217. The number of hydrogen-bond donors (Lipinski definition) is 0. The van der Waals surface area contributed by atoms with Crippen LogP contribution in [-0.2, 0) is 13.0 Å². The van der Waals surface area contributed by atoms with Gasteiger partial charge in [-0.05, 0) is 43.5 Å². The van der Waals surface area contributed by atoms with Crippen LogP contribution in [0.3, 0.4) is 0 Å². The van der Waals surface area contributed by atoms with Gasteiger partial charge in [0.2, 0.25) is 0 Å². The van der Waals surface area contributed by atoms with Crippen LogP contribution in [0.5, 0.6) is 0 Å². The average Bonchev–Trinajstić information content (AvgIpc) is 2.71. The van der Waals surface area contributed by atoms with Crippen molar-refractivity contribution in [1.29, 1.82) is 0 Å². The van der Waals surface area contributed by atoms with Gasteiger partial charge in [0.15, 0.2) is 5.78 Å². The number of nitrogens with zero attached hydrogens (tertiary/aromatic N) is 1. The molecule has 3 heteroatoms. The smallest absolute Gasteiger partial charge is 0.164 e. The van der Waals surface area contributed by atoms with Gasteiger partial charge in [0.05, 0.1) is 0 Å². The standard InChI is InChI=1S/C16H16FNO/c1-11-9-14-15(3-2-4-16(14)19)18(11)10-12-5-7-13(17)8-6-12/h5-9H,2-4,10H2,1H3. The normalized spacial score (nSPS) is 14.5. The number of hydrogen-bond acceptors (Lipinski definition) is 1. The Labute approximate surface area is 111 Å². The molecule has 0 bridgehead atoms. The van der Waals surface area contributed by atoms with Crippen molar-refractivity contribution >= 4 is 5.78 Å². The Hall–Kier alpha value is -1.90. The van der Waals surface area contributed by atoms with E-state index in [9.17, 15) is 9.18 Å². The van der Waals surface area contributed by atoms with Gasteiger partial charge in [-0.15, -0.1) is 0 Å². The summed E-state index contributed by atoms with van der Waals surface area (Å²) in [4.78, 5) is 11.9. The fraction of sp³-hybridized carbons (Fsp3) is 0.312. The lowest BCUT2D eigenvalue weighted by Gasteiger charge is -2.16. The molecule has 1 aromatic heterocycles. The number of aromatic nitrogens is 1. The Balaban J connectivity index is 1.97. The number of rotatable bonds is 2. The third kappa shape index (κ3) is 2.21. The molecule has 0 amide bonds. The van der Waals surface area contributed by atoms with Gasteiger partial charge in [0.1, 0.15) is 5.82 Å². The van der Waals surface area contributed by atoms with Crippen LogP contribution in [0, 0.1) is 12.7 Å². The first-order valence-electron chi connectivity index (χ1n) is 6.62. The van der Waals surface area contributed by atoms with Gasteiger partial charge in [-0.3, -0.25) is 4.79 Å². The van der Waals surface area contributed by atoms with E-state index in [2.05, 4.69) is 4.57 Å². The summed E-state index contributed by atoms with van der Waals surface area (Å²) < 4.78 is 15.1. The van der Waals surface area contributed by atoms with Gasteiger partial charge < -0.3 is 4.57 Å². The number of aryl methyl sites for hydroxylation is 1. The van der Waals surface area contributed by atoms with Crippen LogP contribution >= 0.6 is 0 Å². The Kier molecular flexibility index (Phi) is 2.97. The minimum Gasteiger partial charge on any atom is -0.344 e. The highest BCUT2D eigenvalue weighted by Gasteiger charge is 2.22. The second-order valence-electron chi connectivity index (χ2n) is 5.14. The Morgan fingerprint density at radius 3 is 2.68 bits per heavy atom. The topological polar surface area (TPSA) is 22.0 Å². The predicted molar refractivity (Wildman–Crippen MR) is 71.9 cm³/mol. The summed E-state index contributed by atoms with van der Waals surface area (Å²) in [5.41, 5.74) is 4.18. The summed E-state index contributed by atoms with van der Waals surface area (Å²) in [5.74, 6) is 0.0346. The number of Topliss-reactive ketones (excluding diaryl/α,β-unsaturated/α-hetero) is 1. The van der Waals surface area contributed by atoms with Crippen LogP contribution in [-0.4, -0.2) is 10.4 Å². The van der Waals surface area contributed by atoms with Crippen LogP contribution in [0.25, 0.3) is 0 Å². The van der Waals surface area contributed by atoms with E-state index in [1.165, 1.54) is 12.1 Å². The summed E-state index contributed by atoms with van der Waals surface area (Å²) >= 11 is 0. The van der Waals surface area contributed by atoms with Crippen LogP contribution in [0.15, 0.2) is 30.3 Å². The van der Waals surface area contributed by atoms with Crippen LogP contribution < -0.4 is 0 Å². The Bertz CT molecular complexity index is 625. The quantitative estimate of drug-likeness (QED) is 0.807. The van der Waals surface area contributed by atoms with Gasteiger partial charge in [-0.2, -0.15) is 0 Å². The highest BCUT2D eigenvalue weighted by atomic mass is 19.1. The van der Waals surface area contributed by atoms with Crippen molar-refractivity contribution in [3.8, 4) is 0 Å². The van der Waals surface area contributed by atoms with Crippen molar-refractivity contribution in [3.05, 3.63) is 58.7 Å². The van der Waals surface area contributed by atoms with Crippen molar-refractivity contribution in [3.63, 3.8) is 0 Å². The average molecular weight is 257 g/mol. The summed E-state index contributed by atoms with van der Waals surface area (Å²) in [6, 6.07) is 8.54. The molecule has 0 spiro atoms. The van der Waals surface area contributed by atoms with Gasteiger partial charge in [0, 0.05) is 29.9 Å². The zero-order valence-corrected chi connectivity index (χ0v) is 10.9. The molecule has 0 saturated carbocycles. The molecule has 2 nitrogen and oxygen atoms in total. The molecule has 1 heterocycles. The largest absolute Gasteiger partial charge is 0.344 e. The number of halogens is 1. The first kappa shape index (κ1) is 12.2. The number of carbonyl (C=O) groups excluding carboxylic acids is 1. The molecule has 0 unspecified atom stereocenters. The van der Waals surface area contributed by atoms with Crippen molar-refractivity contribution < 1.29 is 9.18 Å². The molecule has 1 aliphatic carbocycles. The van der Waals surface area contributed by atoms with E-state index in [-0.39, 0.29) is 11.6 Å². The maximum Gasteiger partial charge on any atom is 0.164 e. The maximum absolute atomic E-state index is 12.9. The highest BCUT2D eigenvalue weighted by molar-refractivity contribution is 5.98. The van der Waals surface area contributed by atoms with Crippen molar-refractivity contribution in [2.75, 3.05) is 0 Å². The Morgan fingerprint density at radius 2 is 1.95 bits per heavy atom. The third-order valence-corrected chi connectivity index (χ3v) is 3.79. The van der Waals surface area contributed by atoms with Crippen molar-refractivity contribution in [2.45, 2.75) is 32.7 Å². The number of fused-ring (bicyclic) bond motifs is 1. The molecular weight excluding hydrogens is 241 g/mol. The lowest BCUT2D eigenvalue weighted by Crippen LogP contribution is -2.14. The number of benzene rings is 1. The molecule has 2 aromatic rings.